The number of carbonyl (C=O) groups is 1. The highest BCUT2D eigenvalue weighted by Gasteiger charge is 2.41. The second kappa shape index (κ2) is 7.43. The number of ketones is 1. The molecule has 1 atom stereocenters. The van der Waals surface area contributed by atoms with Crippen LogP contribution in [0.25, 0.3) is 0 Å². The number of allylic oxidation sites excluding steroid dienone is 3. The molecule has 2 N–H and O–H groups in total. The summed E-state index contributed by atoms with van der Waals surface area (Å²) >= 11 is 1.63. The zero-order valence-corrected chi connectivity index (χ0v) is 17.5. The fourth-order valence-electron chi connectivity index (χ4n) is 4.35. The molecule has 0 fully saturated rings. The molecule has 0 bridgehead atoms. The molecule has 2 heterocycles. The third-order valence-corrected chi connectivity index (χ3v) is 6.60. The Morgan fingerprint density at radius 2 is 1.97 bits per heavy atom. The lowest BCUT2D eigenvalue weighted by Gasteiger charge is -2.39. The van der Waals surface area contributed by atoms with E-state index in [0.29, 0.717) is 36.1 Å². The Bertz CT molecular complexity index is 1170. The highest BCUT2D eigenvalue weighted by Crippen LogP contribution is 2.48. The van der Waals surface area contributed by atoms with Gasteiger partial charge in [0.05, 0.1) is 22.5 Å². The number of Topliss-reactive ketones (excluding diaryl/α,β-unsaturated/α-hetero) is 1. The number of aryl methyl sites for hydroxylation is 2. The highest BCUT2D eigenvalue weighted by atomic mass is 32.1. The molecule has 1 aromatic carbocycles. The van der Waals surface area contributed by atoms with Crippen LogP contribution in [0.15, 0.2) is 53.0 Å². The number of carbonyl (C=O) groups excluding carboxylic acids is 1. The largest absolute Gasteiger partial charge is 0.384 e. The minimum Gasteiger partial charge on any atom is -0.384 e. The van der Waals surface area contributed by atoms with Gasteiger partial charge in [0, 0.05) is 45.3 Å². The van der Waals surface area contributed by atoms with Gasteiger partial charge >= 0.3 is 0 Å². The maximum Gasteiger partial charge on any atom is 0.269 e. The molecule has 2 aromatic rings. The molecule has 152 valence electrons. The first kappa shape index (κ1) is 19.9. The molecule has 1 unspecified atom stereocenters. The molecule has 2 aliphatic rings. The van der Waals surface area contributed by atoms with Crippen molar-refractivity contribution in [2.24, 2.45) is 5.73 Å². The Hall–Kier alpha value is -3.44. The average molecular weight is 420 g/mol. The van der Waals surface area contributed by atoms with E-state index in [1.807, 2.05) is 19.9 Å². The average Bonchev–Trinajstić information content (AvgIpc) is 3.05. The van der Waals surface area contributed by atoms with Gasteiger partial charge in [0.2, 0.25) is 0 Å². The van der Waals surface area contributed by atoms with E-state index in [-0.39, 0.29) is 17.3 Å². The van der Waals surface area contributed by atoms with Gasteiger partial charge in [-0.1, -0.05) is 0 Å². The van der Waals surface area contributed by atoms with Gasteiger partial charge in [-0.2, -0.15) is 5.26 Å². The normalized spacial score (nSPS) is 19.0. The number of benzene rings is 1. The van der Waals surface area contributed by atoms with E-state index in [9.17, 15) is 20.2 Å². The first-order chi connectivity index (χ1) is 14.3. The Morgan fingerprint density at radius 3 is 2.53 bits per heavy atom. The number of rotatable bonds is 3. The van der Waals surface area contributed by atoms with Crippen molar-refractivity contribution in [2.75, 3.05) is 4.90 Å². The van der Waals surface area contributed by atoms with Gasteiger partial charge in [-0.25, -0.2) is 0 Å². The van der Waals surface area contributed by atoms with Crippen LogP contribution in [-0.4, -0.2) is 10.7 Å². The summed E-state index contributed by atoms with van der Waals surface area (Å²) in [6, 6.07) is 10.3. The van der Waals surface area contributed by atoms with E-state index in [1.54, 1.807) is 28.4 Å². The Balaban J connectivity index is 1.94. The van der Waals surface area contributed by atoms with Crippen LogP contribution in [0.1, 0.15) is 40.5 Å². The number of non-ortho nitro benzene ring substituents is 1. The predicted octanol–water partition coefficient (Wildman–Crippen LogP) is 4.58. The van der Waals surface area contributed by atoms with Crippen LogP contribution >= 0.6 is 11.3 Å². The number of nitro groups is 1. The van der Waals surface area contributed by atoms with Gasteiger partial charge < -0.3 is 5.73 Å². The molecule has 30 heavy (non-hydrogen) atoms. The van der Waals surface area contributed by atoms with Gasteiger partial charge in [0.1, 0.15) is 5.82 Å². The second-order valence-corrected chi connectivity index (χ2v) is 8.92. The van der Waals surface area contributed by atoms with Crippen LogP contribution in [-0.2, 0) is 4.79 Å². The van der Waals surface area contributed by atoms with Gasteiger partial charge in [0.25, 0.3) is 5.69 Å². The quantitative estimate of drug-likeness (QED) is 0.574. The maximum atomic E-state index is 13.1. The summed E-state index contributed by atoms with van der Waals surface area (Å²) in [5.41, 5.74) is 9.76. The molecule has 4 rings (SSSR count). The summed E-state index contributed by atoms with van der Waals surface area (Å²) in [4.78, 5) is 27.5. The number of nitrogens with zero attached hydrogens (tertiary/aromatic N) is 3. The standard InChI is InChI=1S/C22H20N4O3S/c1-12-10-16(13(2)30-12)20-17(11-23)22(24)25(18-4-3-5-19(27)21(18)20)14-6-8-15(9-7-14)26(28)29/h6-10,20H,3-5,24H2,1-2H3. The molecule has 0 radical (unpaired) electrons. The van der Waals surface area contributed by atoms with E-state index >= 15 is 0 Å². The third-order valence-electron chi connectivity index (χ3n) is 5.62. The van der Waals surface area contributed by atoms with Crippen molar-refractivity contribution < 1.29 is 9.72 Å². The lowest BCUT2D eigenvalue weighted by atomic mass is 9.75. The molecule has 0 saturated heterocycles. The lowest BCUT2D eigenvalue weighted by Crippen LogP contribution is -2.38. The first-order valence-corrected chi connectivity index (χ1v) is 10.4. The van der Waals surface area contributed by atoms with Crippen molar-refractivity contribution in [3.63, 3.8) is 0 Å². The molecule has 0 spiro atoms. The molecular formula is C22H20N4O3S. The van der Waals surface area contributed by atoms with Crippen LogP contribution in [0.5, 0.6) is 0 Å². The molecule has 8 heteroatoms. The molecule has 0 amide bonds. The van der Waals surface area contributed by atoms with Crippen molar-refractivity contribution in [3.8, 4) is 6.07 Å². The fourth-order valence-corrected chi connectivity index (χ4v) is 5.32. The van der Waals surface area contributed by atoms with Crippen molar-refractivity contribution in [3.05, 3.63) is 78.4 Å². The van der Waals surface area contributed by atoms with Crippen LogP contribution in [0, 0.1) is 35.3 Å². The predicted molar refractivity (Wildman–Crippen MR) is 115 cm³/mol. The van der Waals surface area contributed by atoms with Gasteiger partial charge in [-0.05, 0) is 50.5 Å². The van der Waals surface area contributed by atoms with Crippen LogP contribution < -0.4 is 10.6 Å². The Kier molecular flexibility index (Phi) is 4.92. The minimum atomic E-state index is -0.475. The molecule has 0 saturated carbocycles. The topological polar surface area (TPSA) is 113 Å². The van der Waals surface area contributed by atoms with Crippen molar-refractivity contribution in [2.45, 2.75) is 39.0 Å². The number of hydrogen-bond acceptors (Lipinski definition) is 7. The smallest absolute Gasteiger partial charge is 0.269 e. The minimum absolute atomic E-state index is 0.0247. The Labute approximate surface area is 177 Å². The van der Waals surface area contributed by atoms with Crippen molar-refractivity contribution in [1.29, 1.82) is 5.26 Å². The van der Waals surface area contributed by atoms with E-state index in [2.05, 4.69) is 6.07 Å². The Morgan fingerprint density at radius 1 is 1.27 bits per heavy atom. The number of nitriles is 1. The molecule has 1 aromatic heterocycles. The zero-order chi connectivity index (χ0) is 21.6. The number of thiophene rings is 1. The van der Waals surface area contributed by atoms with E-state index in [1.165, 1.54) is 12.1 Å². The molecule has 7 nitrogen and oxygen atoms in total. The highest BCUT2D eigenvalue weighted by molar-refractivity contribution is 7.12. The van der Waals surface area contributed by atoms with Crippen LogP contribution in [0.4, 0.5) is 11.4 Å². The number of nitrogens with two attached hydrogens (primary N) is 1. The van der Waals surface area contributed by atoms with Gasteiger partial charge in [-0.3, -0.25) is 19.8 Å². The summed E-state index contributed by atoms with van der Waals surface area (Å²) in [5, 5.41) is 21.0. The van der Waals surface area contributed by atoms with E-state index in [4.69, 9.17) is 5.73 Å². The van der Waals surface area contributed by atoms with Crippen molar-refractivity contribution in [1.82, 2.24) is 0 Å². The summed E-state index contributed by atoms with van der Waals surface area (Å²) < 4.78 is 0. The van der Waals surface area contributed by atoms with Crippen molar-refractivity contribution >= 4 is 28.5 Å². The lowest BCUT2D eigenvalue weighted by molar-refractivity contribution is -0.384. The second-order valence-electron chi connectivity index (χ2n) is 7.46. The number of anilines is 1. The summed E-state index contributed by atoms with van der Waals surface area (Å²) in [6.45, 7) is 4.00. The number of nitro benzene ring substituents is 1. The van der Waals surface area contributed by atoms with Crippen LogP contribution in [0.3, 0.4) is 0 Å². The van der Waals surface area contributed by atoms with Gasteiger partial charge in [-0.15, -0.1) is 11.3 Å². The first-order valence-electron chi connectivity index (χ1n) is 9.61. The van der Waals surface area contributed by atoms with Crippen LogP contribution in [0.2, 0.25) is 0 Å². The molecule has 1 aliphatic carbocycles. The molecular weight excluding hydrogens is 400 g/mol. The maximum absolute atomic E-state index is 13.1. The van der Waals surface area contributed by atoms with Gasteiger partial charge in [0.15, 0.2) is 5.78 Å². The summed E-state index contributed by atoms with van der Waals surface area (Å²) in [6.07, 6.45) is 1.78. The summed E-state index contributed by atoms with van der Waals surface area (Å²) in [7, 11) is 0. The number of hydrogen-bond donors (Lipinski definition) is 1. The zero-order valence-electron chi connectivity index (χ0n) is 16.6. The summed E-state index contributed by atoms with van der Waals surface area (Å²) in [5.74, 6) is -0.179. The monoisotopic (exact) mass is 420 g/mol. The SMILES string of the molecule is Cc1cc(C2C(C#N)=C(N)N(c3ccc([N+](=O)[O-])cc3)C3=C2C(=O)CCC3)c(C)s1. The fraction of sp³-hybridized carbons (Fsp3) is 0.273. The van der Waals surface area contributed by atoms with E-state index in [0.717, 1.165) is 21.0 Å². The molecule has 1 aliphatic heterocycles. The third kappa shape index (κ3) is 3.08. The van der Waals surface area contributed by atoms with E-state index < -0.39 is 10.8 Å².